The predicted molar refractivity (Wildman–Crippen MR) is 72.8 cm³/mol. The van der Waals surface area contributed by atoms with Crippen LogP contribution in [0.1, 0.15) is 18.4 Å². The SMILES string of the molecule is C[C@@H](C(=O)NCCSCC(=O)O)c1ccccc1. The molecule has 1 rings (SSSR count). The van der Waals surface area contributed by atoms with Gasteiger partial charge >= 0.3 is 5.97 Å². The molecular weight excluding hydrogens is 250 g/mol. The molecule has 0 spiro atoms. The number of rotatable bonds is 7. The molecule has 98 valence electrons. The number of hydrogen-bond donors (Lipinski definition) is 2. The van der Waals surface area contributed by atoms with Crippen molar-refractivity contribution in [2.45, 2.75) is 12.8 Å². The van der Waals surface area contributed by atoms with Crippen molar-refractivity contribution < 1.29 is 14.7 Å². The van der Waals surface area contributed by atoms with Crippen LogP contribution in [0.3, 0.4) is 0 Å². The Hall–Kier alpha value is -1.49. The lowest BCUT2D eigenvalue weighted by atomic mass is 10.0. The largest absolute Gasteiger partial charge is 0.481 e. The van der Waals surface area contributed by atoms with Gasteiger partial charge in [-0.2, -0.15) is 0 Å². The molecule has 18 heavy (non-hydrogen) atoms. The Kier molecular flexibility index (Phi) is 6.28. The van der Waals surface area contributed by atoms with Crippen LogP contribution in [0.4, 0.5) is 0 Å². The van der Waals surface area contributed by atoms with E-state index in [1.807, 2.05) is 37.3 Å². The van der Waals surface area contributed by atoms with Crippen LogP contribution in [0, 0.1) is 0 Å². The molecule has 1 aromatic carbocycles. The number of carbonyl (C=O) groups excluding carboxylic acids is 1. The lowest BCUT2D eigenvalue weighted by Gasteiger charge is -2.12. The van der Waals surface area contributed by atoms with E-state index < -0.39 is 5.97 Å². The maximum Gasteiger partial charge on any atom is 0.313 e. The maximum absolute atomic E-state index is 11.8. The Morgan fingerprint density at radius 1 is 1.33 bits per heavy atom. The molecule has 1 amide bonds. The summed E-state index contributed by atoms with van der Waals surface area (Å²) in [4.78, 5) is 22.1. The van der Waals surface area contributed by atoms with Crippen molar-refractivity contribution in [1.82, 2.24) is 5.32 Å². The quantitative estimate of drug-likeness (QED) is 0.738. The molecule has 4 nitrogen and oxygen atoms in total. The van der Waals surface area contributed by atoms with E-state index in [2.05, 4.69) is 5.32 Å². The highest BCUT2D eigenvalue weighted by Crippen LogP contribution is 2.14. The summed E-state index contributed by atoms with van der Waals surface area (Å²) >= 11 is 1.30. The molecule has 0 aliphatic rings. The molecule has 0 aromatic heterocycles. The highest BCUT2D eigenvalue weighted by Gasteiger charge is 2.13. The number of amides is 1. The average molecular weight is 267 g/mol. The fourth-order valence-corrected chi connectivity index (χ4v) is 2.02. The highest BCUT2D eigenvalue weighted by molar-refractivity contribution is 7.99. The van der Waals surface area contributed by atoms with Crippen LogP contribution in [0.2, 0.25) is 0 Å². The van der Waals surface area contributed by atoms with Gasteiger partial charge < -0.3 is 10.4 Å². The van der Waals surface area contributed by atoms with Crippen LogP contribution in [0.25, 0.3) is 0 Å². The lowest BCUT2D eigenvalue weighted by molar-refractivity contribution is -0.133. The first-order chi connectivity index (χ1) is 8.61. The van der Waals surface area contributed by atoms with Gasteiger partial charge in [0.2, 0.25) is 5.91 Å². The van der Waals surface area contributed by atoms with Crippen LogP contribution < -0.4 is 5.32 Å². The molecule has 2 N–H and O–H groups in total. The third-order valence-electron chi connectivity index (χ3n) is 2.46. The van der Waals surface area contributed by atoms with Gasteiger partial charge in [-0.05, 0) is 12.5 Å². The molecule has 0 unspecified atom stereocenters. The Morgan fingerprint density at radius 2 is 2.00 bits per heavy atom. The Labute approximate surface area is 111 Å². The summed E-state index contributed by atoms with van der Waals surface area (Å²) in [6, 6.07) is 9.56. The second-order valence-corrected chi connectivity index (χ2v) is 4.97. The van der Waals surface area contributed by atoms with E-state index >= 15 is 0 Å². The van der Waals surface area contributed by atoms with Crippen molar-refractivity contribution in [3.8, 4) is 0 Å². The monoisotopic (exact) mass is 267 g/mol. The molecule has 0 saturated heterocycles. The van der Waals surface area contributed by atoms with Crippen molar-refractivity contribution in [1.29, 1.82) is 0 Å². The van der Waals surface area contributed by atoms with Gasteiger partial charge in [-0.15, -0.1) is 11.8 Å². The zero-order valence-corrected chi connectivity index (χ0v) is 11.1. The van der Waals surface area contributed by atoms with Gasteiger partial charge in [0.05, 0.1) is 11.7 Å². The number of nitrogens with one attached hydrogen (secondary N) is 1. The summed E-state index contributed by atoms with van der Waals surface area (Å²) < 4.78 is 0. The summed E-state index contributed by atoms with van der Waals surface area (Å²) in [7, 11) is 0. The smallest absolute Gasteiger partial charge is 0.313 e. The number of carbonyl (C=O) groups is 2. The Bertz CT molecular complexity index is 394. The second kappa shape index (κ2) is 7.76. The van der Waals surface area contributed by atoms with Crippen LogP contribution in [0.15, 0.2) is 30.3 Å². The van der Waals surface area contributed by atoms with Crippen molar-refractivity contribution in [2.75, 3.05) is 18.1 Å². The van der Waals surface area contributed by atoms with Gasteiger partial charge in [0.1, 0.15) is 0 Å². The Morgan fingerprint density at radius 3 is 2.61 bits per heavy atom. The summed E-state index contributed by atoms with van der Waals surface area (Å²) in [6.07, 6.45) is 0. The van der Waals surface area contributed by atoms with Crippen LogP contribution >= 0.6 is 11.8 Å². The minimum atomic E-state index is -0.830. The molecule has 0 aliphatic heterocycles. The van der Waals surface area contributed by atoms with Gasteiger partial charge in [0, 0.05) is 12.3 Å². The first-order valence-corrected chi connectivity index (χ1v) is 6.89. The molecule has 0 aliphatic carbocycles. The van der Waals surface area contributed by atoms with Crippen molar-refractivity contribution >= 4 is 23.6 Å². The van der Waals surface area contributed by atoms with E-state index in [-0.39, 0.29) is 17.6 Å². The zero-order chi connectivity index (χ0) is 13.4. The fraction of sp³-hybridized carbons (Fsp3) is 0.385. The summed E-state index contributed by atoms with van der Waals surface area (Å²) in [5, 5.41) is 11.3. The molecule has 0 fully saturated rings. The van der Waals surface area contributed by atoms with Crippen LogP contribution in [-0.4, -0.2) is 35.0 Å². The van der Waals surface area contributed by atoms with E-state index in [1.165, 1.54) is 11.8 Å². The highest BCUT2D eigenvalue weighted by atomic mass is 32.2. The van der Waals surface area contributed by atoms with Gasteiger partial charge in [-0.25, -0.2) is 0 Å². The second-order valence-electron chi connectivity index (χ2n) is 3.87. The molecule has 0 saturated carbocycles. The molecule has 0 heterocycles. The molecule has 1 atom stereocenters. The standard InChI is InChI=1S/C13H17NO3S/c1-10(11-5-3-2-4-6-11)13(17)14-7-8-18-9-12(15)16/h2-6,10H,7-9H2,1H3,(H,14,17)(H,15,16)/t10-/m1/s1. The first-order valence-electron chi connectivity index (χ1n) is 5.73. The number of hydrogen-bond acceptors (Lipinski definition) is 3. The summed E-state index contributed by atoms with van der Waals surface area (Å²) in [5.41, 5.74) is 0.980. The van der Waals surface area contributed by atoms with Crippen molar-refractivity contribution in [3.05, 3.63) is 35.9 Å². The summed E-state index contributed by atoms with van der Waals surface area (Å²) in [6.45, 7) is 2.35. The predicted octanol–water partition coefficient (Wildman–Crippen LogP) is 1.72. The molecular formula is C13H17NO3S. The minimum Gasteiger partial charge on any atom is -0.481 e. The van der Waals surface area contributed by atoms with Crippen LogP contribution in [-0.2, 0) is 9.59 Å². The normalized spacial score (nSPS) is 11.8. The van der Waals surface area contributed by atoms with Crippen molar-refractivity contribution in [3.63, 3.8) is 0 Å². The zero-order valence-electron chi connectivity index (χ0n) is 10.3. The topological polar surface area (TPSA) is 66.4 Å². The number of aliphatic carboxylic acids is 1. The van der Waals surface area contributed by atoms with E-state index in [0.29, 0.717) is 12.3 Å². The van der Waals surface area contributed by atoms with Gasteiger partial charge in [-0.1, -0.05) is 30.3 Å². The maximum atomic E-state index is 11.8. The fourth-order valence-electron chi connectivity index (χ4n) is 1.45. The molecule has 0 bridgehead atoms. The third kappa shape index (κ3) is 5.23. The van der Waals surface area contributed by atoms with Crippen molar-refractivity contribution in [2.24, 2.45) is 0 Å². The molecule has 5 heteroatoms. The number of thioether (sulfide) groups is 1. The first kappa shape index (κ1) is 14.6. The van der Waals surface area contributed by atoms with Gasteiger partial charge in [0.25, 0.3) is 0 Å². The Balaban J connectivity index is 2.26. The van der Waals surface area contributed by atoms with E-state index in [9.17, 15) is 9.59 Å². The molecule has 1 aromatic rings. The lowest BCUT2D eigenvalue weighted by Crippen LogP contribution is -2.30. The van der Waals surface area contributed by atoms with E-state index in [4.69, 9.17) is 5.11 Å². The third-order valence-corrected chi connectivity index (χ3v) is 3.41. The number of benzene rings is 1. The minimum absolute atomic E-state index is 0.0304. The van der Waals surface area contributed by atoms with Crippen LogP contribution in [0.5, 0.6) is 0 Å². The van der Waals surface area contributed by atoms with E-state index in [0.717, 1.165) is 5.56 Å². The number of carboxylic acids is 1. The van der Waals surface area contributed by atoms with Gasteiger partial charge in [-0.3, -0.25) is 9.59 Å². The number of carboxylic acid groups (broad SMARTS) is 1. The van der Waals surface area contributed by atoms with E-state index in [1.54, 1.807) is 0 Å². The molecule has 0 radical (unpaired) electrons. The average Bonchev–Trinajstić information content (AvgIpc) is 2.38. The van der Waals surface area contributed by atoms with Gasteiger partial charge in [0.15, 0.2) is 0 Å². The summed E-state index contributed by atoms with van der Waals surface area (Å²) in [5.74, 6) is -0.360.